The molecule has 0 atom stereocenters. The Labute approximate surface area is 138 Å². The highest BCUT2D eigenvalue weighted by Gasteiger charge is 2.31. The molecular formula is C16H10F3NO3S. The first kappa shape index (κ1) is 16.4. The van der Waals surface area contributed by atoms with Gasteiger partial charge in [-0.2, -0.15) is 13.2 Å². The van der Waals surface area contributed by atoms with Crippen molar-refractivity contribution < 1.29 is 27.2 Å². The van der Waals surface area contributed by atoms with Crippen LogP contribution in [0, 0.1) is 6.92 Å². The average Bonchev–Trinajstić information content (AvgIpc) is 3.05. The number of imide groups is 1. The fourth-order valence-electron chi connectivity index (χ4n) is 2.22. The van der Waals surface area contributed by atoms with Crippen LogP contribution in [0.3, 0.4) is 0 Å². The molecule has 1 aliphatic heterocycles. The number of benzene rings is 1. The Balaban J connectivity index is 1.94. The smallest absolute Gasteiger partial charge is 0.416 e. The molecule has 4 nitrogen and oxygen atoms in total. The predicted molar refractivity (Wildman–Crippen MR) is 83.0 cm³/mol. The normalized spacial score (nSPS) is 16.8. The Hall–Kier alpha value is -2.48. The van der Waals surface area contributed by atoms with Gasteiger partial charge in [-0.05, 0) is 54.6 Å². The number of furan rings is 1. The number of nitrogens with one attached hydrogen (secondary N) is 1. The van der Waals surface area contributed by atoms with Gasteiger partial charge in [0.05, 0.1) is 10.5 Å². The fraction of sp³-hybridized carbons (Fsp3) is 0.125. The van der Waals surface area contributed by atoms with Gasteiger partial charge in [-0.1, -0.05) is 0 Å². The lowest BCUT2D eigenvalue weighted by Gasteiger charge is -2.09. The van der Waals surface area contributed by atoms with Gasteiger partial charge in [0.15, 0.2) is 0 Å². The van der Waals surface area contributed by atoms with Crippen LogP contribution in [-0.4, -0.2) is 11.1 Å². The highest BCUT2D eigenvalue weighted by atomic mass is 32.2. The van der Waals surface area contributed by atoms with Gasteiger partial charge < -0.3 is 4.42 Å². The van der Waals surface area contributed by atoms with E-state index >= 15 is 0 Å². The van der Waals surface area contributed by atoms with Crippen molar-refractivity contribution in [2.24, 2.45) is 0 Å². The van der Waals surface area contributed by atoms with Crippen LogP contribution in [0.15, 0.2) is 39.7 Å². The first-order valence-corrected chi connectivity index (χ1v) is 7.58. The summed E-state index contributed by atoms with van der Waals surface area (Å²) in [7, 11) is 0. The summed E-state index contributed by atoms with van der Waals surface area (Å²) in [5.41, 5.74) is -0.0239. The zero-order chi connectivity index (χ0) is 17.5. The number of thioether (sulfide) groups is 1. The van der Waals surface area contributed by atoms with Crippen LogP contribution in [-0.2, 0) is 11.0 Å². The number of amides is 2. The number of aryl methyl sites for hydroxylation is 1. The molecule has 0 unspecified atom stereocenters. The third-order valence-electron chi connectivity index (χ3n) is 3.23. The molecule has 3 rings (SSSR count). The van der Waals surface area contributed by atoms with E-state index in [0.717, 1.165) is 23.9 Å². The van der Waals surface area contributed by atoms with Gasteiger partial charge in [-0.25, -0.2) is 0 Å². The number of alkyl halides is 3. The molecule has 0 spiro atoms. The second-order valence-corrected chi connectivity index (χ2v) is 6.15. The van der Waals surface area contributed by atoms with Crippen LogP contribution >= 0.6 is 11.8 Å². The third-order valence-corrected chi connectivity index (χ3v) is 4.04. The van der Waals surface area contributed by atoms with Gasteiger partial charge in [0, 0.05) is 11.6 Å². The molecule has 1 aromatic carbocycles. The lowest BCUT2D eigenvalue weighted by molar-refractivity contribution is -0.137. The molecule has 1 aliphatic rings. The molecular weight excluding hydrogens is 343 g/mol. The number of rotatable bonds is 2. The van der Waals surface area contributed by atoms with Crippen LogP contribution in [0.25, 0.3) is 17.4 Å². The van der Waals surface area contributed by atoms with Crippen molar-refractivity contribution in [3.05, 3.63) is 52.1 Å². The van der Waals surface area contributed by atoms with Crippen LogP contribution < -0.4 is 5.32 Å². The quantitative estimate of drug-likeness (QED) is 0.802. The largest absolute Gasteiger partial charge is 0.457 e. The molecule has 1 saturated heterocycles. The first-order chi connectivity index (χ1) is 11.2. The van der Waals surface area contributed by atoms with Gasteiger partial charge in [0.2, 0.25) is 0 Å². The van der Waals surface area contributed by atoms with E-state index in [-0.39, 0.29) is 22.0 Å². The topological polar surface area (TPSA) is 59.3 Å². The highest BCUT2D eigenvalue weighted by molar-refractivity contribution is 8.18. The zero-order valence-electron chi connectivity index (χ0n) is 12.2. The fourth-order valence-corrected chi connectivity index (χ4v) is 2.89. The van der Waals surface area contributed by atoms with Gasteiger partial charge in [0.1, 0.15) is 11.5 Å². The van der Waals surface area contributed by atoms with Gasteiger partial charge in [-0.3, -0.25) is 14.9 Å². The van der Waals surface area contributed by atoms with Crippen molar-refractivity contribution in [2.75, 3.05) is 0 Å². The molecule has 24 heavy (non-hydrogen) atoms. The SMILES string of the molecule is Cc1cc(-c2ccc(C=C3SC(=O)NC3=O)o2)cc(C(F)(F)F)c1. The monoisotopic (exact) mass is 353 g/mol. The van der Waals surface area contributed by atoms with Gasteiger partial charge in [-0.15, -0.1) is 0 Å². The lowest BCUT2D eigenvalue weighted by atomic mass is 10.0. The number of hydrogen-bond acceptors (Lipinski definition) is 4. The van der Waals surface area contributed by atoms with Crippen molar-refractivity contribution >= 4 is 29.0 Å². The van der Waals surface area contributed by atoms with Gasteiger partial charge >= 0.3 is 6.18 Å². The Morgan fingerprint density at radius 2 is 1.92 bits per heavy atom. The van der Waals surface area contributed by atoms with Crippen LogP contribution in [0.5, 0.6) is 0 Å². The standard InChI is InChI=1S/C16H10F3NO3S/c1-8-4-9(6-10(5-8)16(17,18)19)12-3-2-11(23-12)7-13-14(21)20-15(22)24-13/h2-7H,1H3,(H,20,21,22). The molecule has 2 heterocycles. The van der Waals surface area contributed by atoms with Crippen molar-refractivity contribution in [2.45, 2.75) is 13.1 Å². The zero-order valence-corrected chi connectivity index (χ0v) is 13.0. The number of halogens is 3. The van der Waals surface area contributed by atoms with Crippen LogP contribution in [0.1, 0.15) is 16.9 Å². The van der Waals surface area contributed by atoms with E-state index in [1.807, 2.05) is 0 Å². The molecule has 1 fully saturated rings. The molecule has 124 valence electrons. The minimum absolute atomic E-state index is 0.168. The highest BCUT2D eigenvalue weighted by Crippen LogP contribution is 2.34. The molecule has 0 radical (unpaired) electrons. The Morgan fingerprint density at radius 1 is 1.17 bits per heavy atom. The van der Waals surface area contributed by atoms with Crippen LogP contribution in [0.2, 0.25) is 0 Å². The number of carbonyl (C=O) groups is 2. The van der Waals surface area contributed by atoms with Crippen molar-refractivity contribution in [3.8, 4) is 11.3 Å². The Bertz CT molecular complexity index is 868. The molecule has 1 N–H and O–H groups in total. The van der Waals surface area contributed by atoms with Crippen molar-refractivity contribution in [1.82, 2.24) is 5.32 Å². The van der Waals surface area contributed by atoms with Crippen LogP contribution in [0.4, 0.5) is 18.0 Å². The molecule has 2 amide bonds. The van der Waals surface area contributed by atoms with Crippen molar-refractivity contribution in [1.29, 1.82) is 0 Å². The summed E-state index contributed by atoms with van der Waals surface area (Å²) in [6.07, 6.45) is -3.08. The van der Waals surface area contributed by atoms with E-state index in [2.05, 4.69) is 5.32 Å². The van der Waals surface area contributed by atoms with E-state index in [9.17, 15) is 22.8 Å². The summed E-state index contributed by atoms with van der Waals surface area (Å²) in [6.45, 7) is 1.57. The Morgan fingerprint density at radius 3 is 2.54 bits per heavy atom. The Kier molecular flexibility index (Phi) is 4.00. The van der Waals surface area contributed by atoms with E-state index in [4.69, 9.17) is 4.42 Å². The van der Waals surface area contributed by atoms with Gasteiger partial charge in [0.25, 0.3) is 11.1 Å². The molecule has 1 aromatic heterocycles. The third kappa shape index (κ3) is 3.38. The second kappa shape index (κ2) is 5.86. The number of carbonyl (C=O) groups excluding carboxylic acids is 2. The summed E-state index contributed by atoms with van der Waals surface area (Å²) in [4.78, 5) is 22.7. The lowest BCUT2D eigenvalue weighted by Crippen LogP contribution is -2.17. The average molecular weight is 353 g/mol. The molecule has 0 aliphatic carbocycles. The maximum absolute atomic E-state index is 12.9. The van der Waals surface area contributed by atoms with E-state index < -0.39 is 22.9 Å². The molecule has 0 bridgehead atoms. The van der Waals surface area contributed by atoms with E-state index in [1.165, 1.54) is 18.2 Å². The summed E-state index contributed by atoms with van der Waals surface area (Å²) < 4.78 is 44.2. The van der Waals surface area contributed by atoms with E-state index in [0.29, 0.717) is 5.56 Å². The summed E-state index contributed by atoms with van der Waals surface area (Å²) in [5, 5.41) is 1.63. The minimum Gasteiger partial charge on any atom is -0.457 e. The second-order valence-electron chi connectivity index (χ2n) is 5.14. The summed E-state index contributed by atoms with van der Waals surface area (Å²) in [5.74, 6) is -0.0175. The first-order valence-electron chi connectivity index (χ1n) is 6.76. The molecule has 0 saturated carbocycles. The maximum atomic E-state index is 12.9. The predicted octanol–water partition coefficient (Wildman–Crippen LogP) is 4.60. The molecule has 8 heteroatoms. The summed E-state index contributed by atoms with van der Waals surface area (Å²) in [6, 6.07) is 6.67. The molecule has 2 aromatic rings. The van der Waals surface area contributed by atoms with Crippen molar-refractivity contribution in [3.63, 3.8) is 0 Å². The maximum Gasteiger partial charge on any atom is 0.416 e. The summed E-state index contributed by atoms with van der Waals surface area (Å²) >= 11 is 0.735. The minimum atomic E-state index is -4.45. The number of hydrogen-bond donors (Lipinski definition) is 1. The van der Waals surface area contributed by atoms with E-state index in [1.54, 1.807) is 13.0 Å².